The summed E-state index contributed by atoms with van der Waals surface area (Å²) in [5.74, 6) is 3.38. The van der Waals surface area contributed by atoms with Gasteiger partial charge in [-0.15, -0.1) is 0 Å². The Hall–Kier alpha value is -1.78. The van der Waals surface area contributed by atoms with Crippen LogP contribution >= 0.6 is 15.9 Å². The van der Waals surface area contributed by atoms with E-state index >= 15 is 0 Å². The number of halogens is 1. The first-order chi connectivity index (χ1) is 15.1. The first-order valence-corrected chi connectivity index (χ1v) is 13.2. The quantitative estimate of drug-likeness (QED) is 0.660. The number of fused-ring (bicyclic) bond motifs is 2. The first-order valence-electron chi connectivity index (χ1n) is 10.9. The summed E-state index contributed by atoms with van der Waals surface area (Å²) in [5.41, 5.74) is 0.903. The van der Waals surface area contributed by atoms with E-state index in [9.17, 15) is 9.00 Å². The van der Waals surface area contributed by atoms with E-state index in [0.717, 1.165) is 90.9 Å². The largest absolute Gasteiger partial charge is 0.368 e. The number of carbonyl (C=O) groups is 1. The van der Waals surface area contributed by atoms with E-state index in [2.05, 4.69) is 31.0 Å². The molecule has 3 fully saturated rings. The number of nitrogens with one attached hydrogen (secondary N) is 1. The van der Waals surface area contributed by atoms with Crippen molar-refractivity contribution in [2.75, 3.05) is 67.5 Å². The second kappa shape index (κ2) is 8.99. The van der Waals surface area contributed by atoms with Gasteiger partial charge in [0, 0.05) is 90.4 Å². The molecule has 0 aliphatic carbocycles. The van der Waals surface area contributed by atoms with Gasteiger partial charge in [-0.05, 0) is 24.6 Å². The summed E-state index contributed by atoms with van der Waals surface area (Å²) in [7, 11) is -0.651. The maximum Gasteiger partial charge on any atom is 0.228 e. The molecular weight excluding hydrogens is 480 g/mol. The zero-order valence-electron chi connectivity index (χ0n) is 17.4. The lowest BCUT2D eigenvalue weighted by Crippen LogP contribution is -2.52. The topological polar surface area (TPSA) is 81.7 Å². The lowest BCUT2D eigenvalue weighted by Gasteiger charge is -2.37. The highest BCUT2D eigenvalue weighted by atomic mass is 79.9. The average Bonchev–Trinajstić information content (AvgIpc) is 3.15. The molecule has 0 bridgehead atoms. The number of nitrogens with zero attached hydrogens (tertiary/aromatic N) is 5. The molecule has 4 heterocycles. The van der Waals surface area contributed by atoms with Crippen LogP contribution in [0.4, 0.5) is 11.8 Å². The minimum atomic E-state index is -0.651. The van der Waals surface area contributed by atoms with Crippen molar-refractivity contribution in [2.45, 2.75) is 18.9 Å². The van der Waals surface area contributed by atoms with Crippen LogP contribution in [0.2, 0.25) is 0 Å². The van der Waals surface area contributed by atoms with Crippen molar-refractivity contribution >= 4 is 55.3 Å². The number of benzene rings is 1. The Labute approximate surface area is 193 Å². The highest BCUT2D eigenvalue weighted by Gasteiger charge is 2.36. The van der Waals surface area contributed by atoms with E-state index in [-0.39, 0.29) is 11.9 Å². The molecular formula is C21H27BrN6O2S. The molecule has 5 rings (SSSR count). The third-order valence-corrected chi connectivity index (χ3v) is 8.18. The zero-order valence-corrected chi connectivity index (χ0v) is 19.8. The number of piperazine rings is 1. The molecule has 31 heavy (non-hydrogen) atoms. The van der Waals surface area contributed by atoms with Gasteiger partial charge in [-0.25, -0.2) is 4.98 Å². The Morgan fingerprint density at radius 3 is 2.84 bits per heavy atom. The second-order valence-corrected chi connectivity index (χ2v) is 11.0. The van der Waals surface area contributed by atoms with Gasteiger partial charge in [0.05, 0.1) is 5.52 Å². The molecule has 2 aromatic rings. The van der Waals surface area contributed by atoms with Gasteiger partial charge in [-0.1, -0.05) is 15.9 Å². The SMILES string of the molecule is O=C1CCC2CN(c3nc(NCCN4CCS(=O)CC4)c4ccc(Br)cc4n3)CCN12. The highest BCUT2D eigenvalue weighted by molar-refractivity contribution is 9.10. The fraction of sp³-hybridized carbons (Fsp3) is 0.571. The van der Waals surface area contributed by atoms with Crippen molar-refractivity contribution in [3.63, 3.8) is 0 Å². The second-order valence-electron chi connectivity index (χ2n) is 8.38. The summed E-state index contributed by atoms with van der Waals surface area (Å²) >= 11 is 3.56. The number of anilines is 2. The summed E-state index contributed by atoms with van der Waals surface area (Å²) in [6.45, 7) is 5.74. The summed E-state index contributed by atoms with van der Waals surface area (Å²) in [6.07, 6.45) is 1.57. The van der Waals surface area contributed by atoms with E-state index in [4.69, 9.17) is 9.97 Å². The molecule has 1 unspecified atom stereocenters. The lowest BCUT2D eigenvalue weighted by atomic mass is 10.1. The Kier molecular flexibility index (Phi) is 6.12. The lowest BCUT2D eigenvalue weighted by molar-refractivity contribution is -0.129. The summed E-state index contributed by atoms with van der Waals surface area (Å²) in [6, 6.07) is 6.35. The fourth-order valence-corrected chi connectivity index (χ4v) is 6.12. The Balaban J connectivity index is 1.34. The Bertz CT molecular complexity index is 1010. The van der Waals surface area contributed by atoms with Gasteiger partial charge in [-0.3, -0.25) is 13.9 Å². The van der Waals surface area contributed by atoms with Crippen LogP contribution in [0.1, 0.15) is 12.8 Å². The maximum atomic E-state index is 12.0. The maximum absolute atomic E-state index is 12.0. The Morgan fingerprint density at radius 2 is 2.00 bits per heavy atom. The molecule has 0 radical (unpaired) electrons. The minimum absolute atomic E-state index is 0.268. The summed E-state index contributed by atoms with van der Waals surface area (Å²) < 4.78 is 12.6. The third kappa shape index (κ3) is 4.56. The van der Waals surface area contributed by atoms with Gasteiger partial charge in [0.25, 0.3) is 0 Å². The van der Waals surface area contributed by atoms with Gasteiger partial charge in [-0.2, -0.15) is 4.98 Å². The third-order valence-electron chi connectivity index (χ3n) is 6.42. The molecule has 3 aliphatic rings. The zero-order chi connectivity index (χ0) is 21.4. The molecule has 10 heteroatoms. The van der Waals surface area contributed by atoms with Gasteiger partial charge in [0.15, 0.2) is 0 Å². The molecule has 1 aromatic heterocycles. The molecule has 0 saturated carbocycles. The number of amides is 1. The van der Waals surface area contributed by atoms with Gasteiger partial charge >= 0.3 is 0 Å². The molecule has 3 aliphatic heterocycles. The predicted octanol–water partition coefficient (Wildman–Crippen LogP) is 1.68. The molecule has 0 spiro atoms. The standard InChI is InChI=1S/C21H27BrN6O2S/c22-15-1-3-17-18(13-15)24-21(27-7-8-28-16(14-27)2-4-19(28)29)25-20(17)23-5-6-26-9-11-31(30)12-10-26/h1,3,13,16H,2,4-12,14H2,(H,23,24,25). The van der Waals surface area contributed by atoms with Crippen molar-refractivity contribution in [1.82, 2.24) is 19.8 Å². The summed E-state index contributed by atoms with van der Waals surface area (Å²) in [5, 5.41) is 4.52. The highest BCUT2D eigenvalue weighted by Crippen LogP contribution is 2.29. The number of hydrogen-bond donors (Lipinski definition) is 1. The van der Waals surface area contributed by atoms with Crippen molar-refractivity contribution in [1.29, 1.82) is 0 Å². The number of carbonyl (C=O) groups excluding carboxylic acids is 1. The molecule has 1 amide bonds. The molecule has 8 nitrogen and oxygen atoms in total. The molecule has 3 saturated heterocycles. The van der Waals surface area contributed by atoms with Crippen LogP contribution in [0.25, 0.3) is 10.9 Å². The van der Waals surface area contributed by atoms with E-state index in [1.807, 2.05) is 23.1 Å². The van der Waals surface area contributed by atoms with E-state index < -0.39 is 10.8 Å². The molecule has 1 N–H and O–H groups in total. The van der Waals surface area contributed by atoms with Crippen LogP contribution in [0.15, 0.2) is 22.7 Å². The van der Waals surface area contributed by atoms with Crippen LogP contribution in [0.5, 0.6) is 0 Å². The van der Waals surface area contributed by atoms with Crippen LogP contribution in [-0.2, 0) is 15.6 Å². The molecule has 1 atom stereocenters. The Morgan fingerprint density at radius 1 is 1.16 bits per heavy atom. The normalized spacial score (nSPS) is 22.9. The van der Waals surface area contributed by atoms with E-state index in [1.54, 1.807) is 0 Å². The van der Waals surface area contributed by atoms with Crippen molar-refractivity contribution in [3.05, 3.63) is 22.7 Å². The van der Waals surface area contributed by atoms with Crippen molar-refractivity contribution in [2.24, 2.45) is 0 Å². The minimum Gasteiger partial charge on any atom is -0.368 e. The van der Waals surface area contributed by atoms with Crippen LogP contribution in [-0.4, -0.2) is 93.2 Å². The van der Waals surface area contributed by atoms with Gasteiger partial charge in [0.2, 0.25) is 11.9 Å². The smallest absolute Gasteiger partial charge is 0.228 e. The molecule has 1 aromatic carbocycles. The van der Waals surface area contributed by atoms with Gasteiger partial charge < -0.3 is 15.1 Å². The predicted molar refractivity (Wildman–Crippen MR) is 127 cm³/mol. The van der Waals surface area contributed by atoms with E-state index in [0.29, 0.717) is 6.42 Å². The van der Waals surface area contributed by atoms with Crippen molar-refractivity contribution < 1.29 is 9.00 Å². The van der Waals surface area contributed by atoms with Crippen molar-refractivity contribution in [3.8, 4) is 0 Å². The summed E-state index contributed by atoms with van der Waals surface area (Å²) in [4.78, 5) is 28.4. The van der Waals surface area contributed by atoms with Crippen LogP contribution in [0.3, 0.4) is 0 Å². The number of aromatic nitrogens is 2. The van der Waals surface area contributed by atoms with E-state index in [1.165, 1.54) is 0 Å². The average molecular weight is 507 g/mol. The number of hydrogen-bond acceptors (Lipinski definition) is 7. The molecule has 166 valence electrons. The first kappa shape index (κ1) is 21.1. The monoisotopic (exact) mass is 506 g/mol. The fourth-order valence-electron chi connectivity index (χ4n) is 4.64. The number of rotatable bonds is 5. The van der Waals surface area contributed by atoms with Crippen LogP contribution in [0, 0.1) is 0 Å². The van der Waals surface area contributed by atoms with Crippen LogP contribution < -0.4 is 10.2 Å². The van der Waals surface area contributed by atoms with Gasteiger partial charge in [0.1, 0.15) is 5.82 Å².